The van der Waals surface area contributed by atoms with Gasteiger partial charge in [-0.25, -0.2) is 4.79 Å². The molecule has 0 radical (unpaired) electrons. The Labute approximate surface area is 180 Å². The smallest absolute Gasteiger partial charge is 0.317 e. The molecule has 1 unspecified atom stereocenters. The van der Waals surface area contributed by atoms with E-state index in [0.717, 1.165) is 37.0 Å². The Morgan fingerprint density at radius 2 is 1.47 bits per heavy atom. The lowest BCUT2D eigenvalue weighted by atomic mass is 9.49. The zero-order chi connectivity index (χ0) is 20.7. The van der Waals surface area contributed by atoms with E-state index in [9.17, 15) is 9.59 Å². The summed E-state index contributed by atoms with van der Waals surface area (Å²) in [6.07, 6.45) is 7.45. The molecule has 4 aliphatic carbocycles. The molecule has 6 rings (SSSR count). The highest BCUT2D eigenvalue weighted by Crippen LogP contribution is 2.60. The van der Waals surface area contributed by atoms with E-state index >= 15 is 0 Å². The third-order valence-electron chi connectivity index (χ3n) is 8.27. The van der Waals surface area contributed by atoms with Crippen LogP contribution in [0.3, 0.4) is 0 Å². The zero-order valence-electron chi connectivity index (χ0n) is 18.2. The Morgan fingerprint density at radius 1 is 0.933 bits per heavy atom. The number of carbonyl (C=O) groups is 2. The number of nitrogens with zero attached hydrogens (tertiary/aromatic N) is 2. The Balaban J connectivity index is 1.12. The molecule has 30 heavy (non-hydrogen) atoms. The first kappa shape index (κ1) is 19.9. The van der Waals surface area contributed by atoms with Crippen molar-refractivity contribution in [1.82, 2.24) is 15.1 Å². The fourth-order valence-electron chi connectivity index (χ4n) is 7.07. The summed E-state index contributed by atoms with van der Waals surface area (Å²) in [5, 5.41) is 3.09. The highest BCUT2D eigenvalue weighted by molar-refractivity contribution is 5.84. The Hall–Kier alpha value is -2.04. The van der Waals surface area contributed by atoms with Crippen molar-refractivity contribution in [2.75, 3.05) is 32.7 Å². The molecular formula is C25H35N3O2. The minimum atomic E-state index is -0.0652. The van der Waals surface area contributed by atoms with E-state index in [0.29, 0.717) is 38.6 Å². The molecule has 5 aliphatic rings. The molecule has 1 atom stereocenters. The van der Waals surface area contributed by atoms with Crippen LogP contribution in [0.15, 0.2) is 30.3 Å². The maximum Gasteiger partial charge on any atom is 0.317 e. The molecule has 4 bridgehead atoms. The first-order valence-electron chi connectivity index (χ1n) is 11.9. The van der Waals surface area contributed by atoms with Crippen molar-refractivity contribution >= 4 is 11.9 Å². The van der Waals surface area contributed by atoms with Crippen LogP contribution in [-0.2, 0) is 4.79 Å². The number of rotatable bonds is 4. The average molecular weight is 410 g/mol. The number of piperazine rings is 1. The summed E-state index contributed by atoms with van der Waals surface area (Å²) in [5.74, 6) is 3.06. The molecule has 3 amide bonds. The van der Waals surface area contributed by atoms with Crippen LogP contribution in [0.1, 0.15) is 56.9 Å². The highest BCUT2D eigenvalue weighted by Gasteiger charge is 2.55. The molecule has 5 fully saturated rings. The second-order valence-electron chi connectivity index (χ2n) is 10.5. The molecule has 1 aliphatic heterocycles. The number of benzene rings is 1. The maximum absolute atomic E-state index is 13.5. The first-order valence-corrected chi connectivity index (χ1v) is 11.9. The summed E-state index contributed by atoms with van der Waals surface area (Å²) in [6, 6.07) is 10.3. The molecule has 0 aromatic heterocycles. The second-order valence-corrected chi connectivity index (χ2v) is 10.5. The molecule has 162 valence electrons. The molecule has 5 heteroatoms. The van der Waals surface area contributed by atoms with Gasteiger partial charge in [0.25, 0.3) is 0 Å². The number of nitrogens with one attached hydrogen (secondary N) is 1. The normalized spacial score (nSPS) is 33.4. The zero-order valence-corrected chi connectivity index (χ0v) is 18.2. The minimum Gasteiger partial charge on any atom is -0.339 e. The van der Waals surface area contributed by atoms with Gasteiger partial charge in [-0.2, -0.15) is 0 Å². The second kappa shape index (κ2) is 7.90. The number of hydrogen-bond donors (Lipinski definition) is 1. The van der Waals surface area contributed by atoms with E-state index in [-0.39, 0.29) is 17.4 Å². The van der Waals surface area contributed by atoms with Crippen LogP contribution in [0.5, 0.6) is 0 Å². The number of hydrogen-bond acceptors (Lipinski definition) is 2. The van der Waals surface area contributed by atoms with Crippen LogP contribution in [0.25, 0.3) is 0 Å². The SMILES string of the molecule is CC(CNC(=O)N1CCN(C(=O)C23CC4CC(CC(C4)C2)C3)CC1)c1ccccc1. The van der Waals surface area contributed by atoms with Crippen molar-refractivity contribution in [2.45, 2.75) is 51.4 Å². The van der Waals surface area contributed by atoms with Crippen LogP contribution < -0.4 is 5.32 Å². The first-order chi connectivity index (χ1) is 14.5. The van der Waals surface area contributed by atoms with Gasteiger partial charge in [0, 0.05) is 32.7 Å². The average Bonchev–Trinajstić information content (AvgIpc) is 2.76. The standard InChI is InChI=1S/C25H35N3O2/c1-18(22-5-3-2-4-6-22)17-26-24(30)28-9-7-27(8-10-28)23(29)25-14-19-11-20(15-25)13-21(12-19)16-25/h2-6,18-21H,7-17H2,1H3,(H,26,30). The Bertz CT molecular complexity index is 750. The van der Waals surface area contributed by atoms with Gasteiger partial charge < -0.3 is 15.1 Å². The third kappa shape index (κ3) is 3.72. The van der Waals surface area contributed by atoms with Crippen molar-refractivity contribution < 1.29 is 9.59 Å². The van der Waals surface area contributed by atoms with E-state index in [1.165, 1.54) is 24.8 Å². The van der Waals surface area contributed by atoms with Gasteiger partial charge in [-0.15, -0.1) is 0 Å². The monoisotopic (exact) mass is 409 g/mol. The number of amides is 3. The van der Waals surface area contributed by atoms with Gasteiger partial charge in [-0.3, -0.25) is 4.79 Å². The van der Waals surface area contributed by atoms with Crippen LogP contribution in [0.4, 0.5) is 4.79 Å². The summed E-state index contributed by atoms with van der Waals surface area (Å²) in [5.41, 5.74) is 1.17. The van der Waals surface area contributed by atoms with E-state index < -0.39 is 0 Å². The molecule has 1 heterocycles. The lowest BCUT2D eigenvalue weighted by Gasteiger charge is -2.57. The van der Waals surface area contributed by atoms with Crippen molar-refractivity contribution in [3.63, 3.8) is 0 Å². The minimum absolute atomic E-state index is 0.000292. The van der Waals surface area contributed by atoms with Crippen LogP contribution in [-0.4, -0.2) is 54.5 Å². The summed E-state index contributed by atoms with van der Waals surface area (Å²) >= 11 is 0. The Morgan fingerprint density at radius 3 is 2.03 bits per heavy atom. The van der Waals surface area contributed by atoms with Crippen molar-refractivity contribution in [2.24, 2.45) is 23.2 Å². The lowest BCUT2D eigenvalue weighted by molar-refractivity contribution is -0.159. The Kier molecular flexibility index (Phi) is 5.24. The molecule has 1 saturated heterocycles. The molecule has 1 aromatic rings. The van der Waals surface area contributed by atoms with Crippen LogP contribution in [0.2, 0.25) is 0 Å². The number of urea groups is 1. The van der Waals surface area contributed by atoms with Gasteiger partial charge in [-0.1, -0.05) is 37.3 Å². The van der Waals surface area contributed by atoms with Crippen LogP contribution in [0, 0.1) is 23.2 Å². The largest absolute Gasteiger partial charge is 0.339 e. The molecule has 0 spiro atoms. The highest BCUT2D eigenvalue weighted by atomic mass is 16.2. The van der Waals surface area contributed by atoms with Gasteiger partial charge in [0.05, 0.1) is 5.41 Å². The molecule has 4 saturated carbocycles. The summed E-state index contributed by atoms with van der Waals surface area (Å²) in [6.45, 7) is 5.42. The molecule has 5 nitrogen and oxygen atoms in total. The predicted octanol–water partition coefficient (Wildman–Crippen LogP) is 3.86. The fraction of sp³-hybridized carbons (Fsp3) is 0.680. The van der Waals surface area contributed by atoms with E-state index in [1.54, 1.807) is 0 Å². The van der Waals surface area contributed by atoms with Gasteiger partial charge >= 0.3 is 6.03 Å². The quantitative estimate of drug-likeness (QED) is 0.821. The summed E-state index contributed by atoms with van der Waals surface area (Å²) < 4.78 is 0. The third-order valence-corrected chi connectivity index (χ3v) is 8.27. The molecule has 1 aromatic carbocycles. The topological polar surface area (TPSA) is 52.7 Å². The van der Waals surface area contributed by atoms with Gasteiger partial charge in [0.15, 0.2) is 0 Å². The van der Waals surface area contributed by atoms with Crippen molar-refractivity contribution in [3.05, 3.63) is 35.9 Å². The van der Waals surface area contributed by atoms with Crippen LogP contribution >= 0.6 is 0 Å². The van der Waals surface area contributed by atoms with Crippen molar-refractivity contribution in [3.8, 4) is 0 Å². The lowest BCUT2D eigenvalue weighted by Crippen LogP contribution is -2.59. The summed E-state index contributed by atoms with van der Waals surface area (Å²) in [4.78, 5) is 30.1. The van der Waals surface area contributed by atoms with E-state index in [1.807, 2.05) is 23.1 Å². The van der Waals surface area contributed by atoms with Gasteiger partial charge in [0.2, 0.25) is 5.91 Å². The number of carbonyl (C=O) groups excluding carboxylic acids is 2. The molecular weight excluding hydrogens is 374 g/mol. The van der Waals surface area contributed by atoms with E-state index in [2.05, 4.69) is 29.3 Å². The van der Waals surface area contributed by atoms with Crippen molar-refractivity contribution in [1.29, 1.82) is 0 Å². The fourth-order valence-corrected chi connectivity index (χ4v) is 7.07. The van der Waals surface area contributed by atoms with E-state index in [4.69, 9.17) is 0 Å². The maximum atomic E-state index is 13.5. The van der Waals surface area contributed by atoms with Gasteiger partial charge in [-0.05, 0) is 67.8 Å². The van der Waals surface area contributed by atoms with Gasteiger partial charge in [0.1, 0.15) is 0 Å². The predicted molar refractivity (Wildman–Crippen MR) is 117 cm³/mol. The summed E-state index contributed by atoms with van der Waals surface area (Å²) in [7, 11) is 0. The molecule has 1 N–H and O–H groups in total.